The Labute approximate surface area is 198 Å². The SMILES string of the molecule is CCN1CCN(C(=O)c2nc(-c3ccc(F)cc3)cc3c2nc(C)n3[C@H]2CCS(=O)(=O)C2)CC1. The van der Waals surface area contributed by atoms with Gasteiger partial charge in [-0.3, -0.25) is 4.79 Å². The zero-order valence-electron chi connectivity index (χ0n) is 19.4. The maximum Gasteiger partial charge on any atom is 0.274 e. The third kappa shape index (κ3) is 4.20. The van der Waals surface area contributed by atoms with Gasteiger partial charge in [0.1, 0.15) is 17.2 Å². The first kappa shape index (κ1) is 22.9. The molecular weight excluding hydrogens is 457 g/mol. The van der Waals surface area contributed by atoms with Gasteiger partial charge in [0.15, 0.2) is 15.5 Å². The molecule has 2 aliphatic heterocycles. The molecule has 1 atom stereocenters. The van der Waals surface area contributed by atoms with Gasteiger partial charge in [-0.05, 0) is 50.2 Å². The molecule has 34 heavy (non-hydrogen) atoms. The first-order chi connectivity index (χ1) is 16.3. The zero-order chi connectivity index (χ0) is 24.0. The van der Waals surface area contributed by atoms with E-state index in [0.717, 1.165) is 19.6 Å². The molecule has 180 valence electrons. The second-order valence-electron chi connectivity index (χ2n) is 9.04. The summed E-state index contributed by atoms with van der Waals surface area (Å²) >= 11 is 0. The number of pyridine rings is 1. The Bertz CT molecular complexity index is 1350. The van der Waals surface area contributed by atoms with Crippen molar-refractivity contribution in [3.8, 4) is 11.3 Å². The highest BCUT2D eigenvalue weighted by Gasteiger charge is 2.33. The minimum atomic E-state index is -3.11. The second-order valence-corrected chi connectivity index (χ2v) is 11.3. The summed E-state index contributed by atoms with van der Waals surface area (Å²) in [6, 6.07) is 7.57. The van der Waals surface area contributed by atoms with Crippen LogP contribution in [0.15, 0.2) is 30.3 Å². The molecule has 0 saturated carbocycles. The van der Waals surface area contributed by atoms with Crippen molar-refractivity contribution in [2.75, 3.05) is 44.2 Å². The van der Waals surface area contributed by atoms with Crippen LogP contribution in [0.4, 0.5) is 4.39 Å². The van der Waals surface area contributed by atoms with Crippen LogP contribution in [0, 0.1) is 12.7 Å². The van der Waals surface area contributed by atoms with Crippen molar-refractivity contribution < 1.29 is 17.6 Å². The molecular formula is C24H28FN5O3S. The van der Waals surface area contributed by atoms with Gasteiger partial charge in [-0.25, -0.2) is 22.8 Å². The lowest BCUT2D eigenvalue weighted by atomic mass is 10.1. The summed E-state index contributed by atoms with van der Waals surface area (Å²) in [6.45, 7) is 7.70. The number of imidazole rings is 1. The van der Waals surface area contributed by atoms with Gasteiger partial charge in [-0.15, -0.1) is 0 Å². The van der Waals surface area contributed by atoms with E-state index in [9.17, 15) is 17.6 Å². The van der Waals surface area contributed by atoms with E-state index in [1.807, 2.05) is 17.6 Å². The summed E-state index contributed by atoms with van der Waals surface area (Å²) in [6.07, 6.45) is 0.505. The number of carbonyl (C=O) groups is 1. The number of rotatable bonds is 4. The van der Waals surface area contributed by atoms with E-state index in [2.05, 4.69) is 16.8 Å². The van der Waals surface area contributed by atoms with Crippen molar-refractivity contribution in [1.82, 2.24) is 24.3 Å². The predicted molar refractivity (Wildman–Crippen MR) is 128 cm³/mol. The molecule has 0 N–H and O–H groups in total. The van der Waals surface area contributed by atoms with Crippen LogP contribution in [0.5, 0.6) is 0 Å². The quantitative estimate of drug-likeness (QED) is 0.565. The zero-order valence-corrected chi connectivity index (χ0v) is 20.2. The van der Waals surface area contributed by atoms with E-state index in [-0.39, 0.29) is 35.0 Å². The van der Waals surface area contributed by atoms with Gasteiger partial charge in [-0.2, -0.15) is 0 Å². The summed E-state index contributed by atoms with van der Waals surface area (Å²) in [5, 5.41) is 0. The molecule has 0 aliphatic carbocycles. The molecule has 2 saturated heterocycles. The summed E-state index contributed by atoms with van der Waals surface area (Å²) in [7, 11) is -3.11. The number of aromatic nitrogens is 3. The van der Waals surface area contributed by atoms with Crippen LogP contribution >= 0.6 is 0 Å². The first-order valence-corrected chi connectivity index (χ1v) is 13.5. The molecule has 0 radical (unpaired) electrons. The lowest BCUT2D eigenvalue weighted by Gasteiger charge is -2.33. The Morgan fingerprint density at radius 3 is 2.44 bits per heavy atom. The number of halogens is 1. The van der Waals surface area contributed by atoms with Crippen molar-refractivity contribution in [2.45, 2.75) is 26.3 Å². The molecule has 1 aromatic carbocycles. The summed E-state index contributed by atoms with van der Waals surface area (Å²) in [5.74, 6) is 0.302. The molecule has 8 nitrogen and oxygen atoms in total. The van der Waals surface area contributed by atoms with Gasteiger partial charge < -0.3 is 14.4 Å². The molecule has 0 unspecified atom stereocenters. The average molecular weight is 486 g/mol. The summed E-state index contributed by atoms with van der Waals surface area (Å²) in [4.78, 5) is 27.1. The normalized spacial score (nSPS) is 20.8. The Kier molecular flexibility index (Phi) is 5.89. The maximum absolute atomic E-state index is 13.6. The third-order valence-corrected chi connectivity index (χ3v) is 8.63. The van der Waals surface area contributed by atoms with Crippen molar-refractivity contribution in [3.63, 3.8) is 0 Å². The van der Waals surface area contributed by atoms with Gasteiger partial charge in [-0.1, -0.05) is 6.92 Å². The second kappa shape index (κ2) is 8.74. The Hall–Kier alpha value is -2.85. The van der Waals surface area contributed by atoms with Gasteiger partial charge in [0.05, 0.1) is 28.8 Å². The van der Waals surface area contributed by atoms with Crippen LogP contribution in [0.1, 0.15) is 35.7 Å². The molecule has 3 aromatic rings. The number of sulfone groups is 1. The molecule has 2 aromatic heterocycles. The van der Waals surface area contributed by atoms with Crippen LogP contribution in [0.2, 0.25) is 0 Å². The van der Waals surface area contributed by atoms with E-state index in [1.54, 1.807) is 17.0 Å². The van der Waals surface area contributed by atoms with Crippen LogP contribution in [0.3, 0.4) is 0 Å². The predicted octanol–water partition coefficient (Wildman–Crippen LogP) is 2.68. The minimum Gasteiger partial charge on any atom is -0.335 e. The number of fused-ring (bicyclic) bond motifs is 1. The van der Waals surface area contributed by atoms with Crippen molar-refractivity contribution in [1.29, 1.82) is 0 Å². The number of amides is 1. The third-order valence-electron chi connectivity index (χ3n) is 6.88. The highest BCUT2D eigenvalue weighted by Crippen LogP contribution is 2.33. The molecule has 4 heterocycles. The number of hydrogen-bond donors (Lipinski definition) is 0. The number of nitrogens with zero attached hydrogens (tertiary/aromatic N) is 5. The number of benzene rings is 1. The number of likely N-dealkylation sites (N-methyl/N-ethyl adjacent to an activating group) is 1. The van der Waals surface area contributed by atoms with Crippen molar-refractivity contribution >= 4 is 26.8 Å². The van der Waals surface area contributed by atoms with Gasteiger partial charge in [0, 0.05) is 31.7 Å². The number of aryl methyl sites for hydroxylation is 1. The lowest BCUT2D eigenvalue weighted by Crippen LogP contribution is -2.48. The molecule has 1 amide bonds. The van der Waals surface area contributed by atoms with Gasteiger partial charge >= 0.3 is 0 Å². The van der Waals surface area contributed by atoms with Crippen LogP contribution < -0.4 is 0 Å². The molecule has 2 fully saturated rings. The van der Waals surface area contributed by atoms with Crippen LogP contribution in [-0.2, 0) is 9.84 Å². The monoisotopic (exact) mass is 485 g/mol. The number of piperazine rings is 1. The largest absolute Gasteiger partial charge is 0.335 e. The number of carbonyl (C=O) groups excluding carboxylic acids is 1. The minimum absolute atomic E-state index is 0.0514. The first-order valence-electron chi connectivity index (χ1n) is 11.6. The van der Waals surface area contributed by atoms with Crippen LogP contribution in [-0.4, -0.2) is 82.9 Å². The van der Waals surface area contributed by atoms with E-state index < -0.39 is 9.84 Å². The number of hydrogen-bond acceptors (Lipinski definition) is 6. The lowest BCUT2D eigenvalue weighted by molar-refractivity contribution is 0.0639. The van der Waals surface area contributed by atoms with Gasteiger partial charge in [0.25, 0.3) is 5.91 Å². The van der Waals surface area contributed by atoms with Crippen molar-refractivity contribution in [3.05, 3.63) is 47.7 Å². The Morgan fingerprint density at radius 2 is 1.82 bits per heavy atom. The molecule has 0 spiro atoms. The molecule has 5 rings (SSSR count). The van der Waals surface area contributed by atoms with E-state index in [0.29, 0.717) is 47.6 Å². The summed E-state index contributed by atoms with van der Waals surface area (Å²) in [5.41, 5.74) is 2.63. The molecule has 2 aliphatic rings. The maximum atomic E-state index is 13.6. The average Bonchev–Trinajstić information content (AvgIpc) is 3.35. The van der Waals surface area contributed by atoms with Crippen LogP contribution in [0.25, 0.3) is 22.3 Å². The Morgan fingerprint density at radius 1 is 1.12 bits per heavy atom. The summed E-state index contributed by atoms with van der Waals surface area (Å²) < 4.78 is 39.9. The fourth-order valence-electron chi connectivity index (χ4n) is 4.98. The van der Waals surface area contributed by atoms with Gasteiger partial charge in [0.2, 0.25) is 0 Å². The van der Waals surface area contributed by atoms with Crippen molar-refractivity contribution in [2.24, 2.45) is 0 Å². The fraction of sp³-hybridized carbons (Fsp3) is 0.458. The van der Waals surface area contributed by atoms with E-state index >= 15 is 0 Å². The highest BCUT2D eigenvalue weighted by molar-refractivity contribution is 7.91. The molecule has 0 bridgehead atoms. The smallest absolute Gasteiger partial charge is 0.274 e. The fourth-order valence-corrected chi connectivity index (χ4v) is 6.68. The Balaban J connectivity index is 1.64. The highest BCUT2D eigenvalue weighted by atomic mass is 32.2. The standard InChI is InChI=1S/C24H28FN5O3S/c1-3-28-9-11-29(12-10-28)24(31)23-22-21(14-20(27-23)17-4-6-18(25)7-5-17)30(16(2)26-22)19-8-13-34(32,33)15-19/h4-7,14,19H,3,8-13,15H2,1-2H3/t19-/m0/s1. The van der Waals surface area contributed by atoms with E-state index in [4.69, 9.17) is 4.98 Å². The molecule has 10 heteroatoms. The topological polar surface area (TPSA) is 88.4 Å². The van der Waals surface area contributed by atoms with E-state index in [1.165, 1.54) is 12.1 Å².